The van der Waals surface area contributed by atoms with Crippen LogP contribution in [0.5, 0.6) is 5.75 Å². The van der Waals surface area contributed by atoms with Crippen LogP contribution < -0.4 is 4.74 Å². The highest BCUT2D eigenvalue weighted by molar-refractivity contribution is 7.71. The van der Waals surface area contributed by atoms with Gasteiger partial charge in [-0.1, -0.05) is 6.07 Å². The number of imidazole rings is 1. The lowest BCUT2D eigenvalue weighted by Crippen LogP contribution is -1.96. The maximum Gasteiger partial charge on any atom is 0.182 e. The van der Waals surface area contributed by atoms with Gasteiger partial charge in [-0.05, 0) is 49.0 Å². The van der Waals surface area contributed by atoms with Crippen molar-refractivity contribution in [3.05, 3.63) is 52.5 Å². The zero-order chi connectivity index (χ0) is 14.3. The second-order valence-electron chi connectivity index (χ2n) is 4.61. The lowest BCUT2D eigenvalue weighted by molar-refractivity contribution is 0.386. The Morgan fingerprint density at radius 2 is 2.00 bits per heavy atom. The molecule has 1 N–H and O–H groups in total. The normalized spacial score (nSPS) is 10.9. The van der Waals surface area contributed by atoms with E-state index in [-0.39, 0.29) is 5.75 Å². The van der Waals surface area contributed by atoms with Gasteiger partial charge >= 0.3 is 0 Å². The molecule has 1 aromatic heterocycles. The van der Waals surface area contributed by atoms with Gasteiger partial charge in [0.15, 0.2) is 16.3 Å². The average Bonchev–Trinajstić information content (AvgIpc) is 2.74. The molecule has 0 fully saturated rings. The van der Waals surface area contributed by atoms with Crippen LogP contribution in [0, 0.1) is 17.5 Å². The van der Waals surface area contributed by atoms with Crippen molar-refractivity contribution in [2.45, 2.75) is 6.92 Å². The molecule has 1 heterocycles. The second-order valence-corrected chi connectivity index (χ2v) is 4.99. The molecule has 3 nitrogen and oxygen atoms in total. The molecule has 0 aliphatic heterocycles. The average molecular weight is 288 g/mol. The van der Waals surface area contributed by atoms with Gasteiger partial charge in [-0.2, -0.15) is 0 Å². The molecule has 3 aromatic rings. The monoisotopic (exact) mass is 288 g/mol. The standard InChI is InChI=1S/C15H13FN2OS/c1-9-3-5-12-13(7-9)18(15(20)17-12)10-4-6-14(19-2)11(16)8-10/h3-8H,1-2H3,(H,17,20). The molecule has 0 bridgehead atoms. The van der Waals surface area contributed by atoms with Crippen LogP contribution in [0.1, 0.15) is 5.56 Å². The van der Waals surface area contributed by atoms with Crippen molar-refractivity contribution >= 4 is 23.3 Å². The van der Waals surface area contributed by atoms with Crippen molar-refractivity contribution in [1.82, 2.24) is 9.55 Å². The number of halogens is 1. The number of hydrogen-bond acceptors (Lipinski definition) is 2. The summed E-state index contributed by atoms with van der Waals surface area (Å²) in [5, 5.41) is 0. The smallest absolute Gasteiger partial charge is 0.182 e. The second kappa shape index (κ2) is 4.76. The molecular formula is C15H13FN2OS. The molecule has 2 aromatic carbocycles. The largest absolute Gasteiger partial charge is 0.494 e. The summed E-state index contributed by atoms with van der Waals surface area (Å²) in [4.78, 5) is 3.12. The lowest BCUT2D eigenvalue weighted by Gasteiger charge is -2.07. The molecule has 5 heteroatoms. The van der Waals surface area contributed by atoms with E-state index in [1.165, 1.54) is 13.2 Å². The van der Waals surface area contributed by atoms with E-state index in [4.69, 9.17) is 17.0 Å². The molecule has 0 atom stereocenters. The highest BCUT2D eigenvalue weighted by Crippen LogP contribution is 2.24. The topological polar surface area (TPSA) is 29.9 Å². The van der Waals surface area contributed by atoms with Crippen LogP contribution in [0.4, 0.5) is 4.39 Å². The number of H-pyrrole nitrogens is 1. The molecule has 102 valence electrons. The molecule has 0 spiro atoms. The fourth-order valence-corrected chi connectivity index (χ4v) is 2.58. The first-order chi connectivity index (χ1) is 9.60. The van der Waals surface area contributed by atoms with Gasteiger partial charge in [0.1, 0.15) is 0 Å². The highest BCUT2D eigenvalue weighted by atomic mass is 32.1. The van der Waals surface area contributed by atoms with Crippen LogP contribution in [0.2, 0.25) is 0 Å². The van der Waals surface area contributed by atoms with E-state index >= 15 is 0 Å². The number of aromatic amines is 1. The SMILES string of the molecule is COc1ccc(-n2c(=S)[nH]c3ccc(C)cc32)cc1F. The number of nitrogens with one attached hydrogen (secondary N) is 1. The van der Waals surface area contributed by atoms with Crippen molar-refractivity contribution in [2.24, 2.45) is 0 Å². The van der Waals surface area contributed by atoms with E-state index in [0.717, 1.165) is 16.6 Å². The van der Waals surface area contributed by atoms with Gasteiger partial charge in [-0.15, -0.1) is 0 Å². The minimum Gasteiger partial charge on any atom is -0.494 e. The molecule has 0 unspecified atom stereocenters. The van der Waals surface area contributed by atoms with E-state index in [9.17, 15) is 4.39 Å². The predicted octanol–water partition coefficient (Wildman–Crippen LogP) is 4.14. The van der Waals surface area contributed by atoms with Crippen molar-refractivity contribution in [2.75, 3.05) is 7.11 Å². The Balaban J connectivity index is 2.28. The Kier molecular flexibility index (Phi) is 3.06. The van der Waals surface area contributed by atoms with Crippen LogP contribution >= 0.6 is 12.2 Å². The van der Waals surface area contributed by atoms with Gasteiger partial charge in [0.2, 0.25) is 0 Å². The number of rotatable bonds is 2. The third-order valence-corrected chi connectivity index (χ3v) is 3.52. The van der Waals surface area contributed by atoms with Crippen molar-refractivity contribution < 1.29 is 9.13 Å². The number of hydrogen-bond donors (Lipinski definition) is 1. The summed E-state index contributed by atoms with van der Waals surface area (Å²) in [6.45, 7) is 2.01. The van der Waals surface area contributed by atoms with Gasteiger partial charge in [-0.3, -0.25) is 4.57 Å². The van der Waals surface area contributed by atoms with Crippen LogP contribution in [-0.4, -0.2) is 16.7 Å². The van der Waals surface area contributed by atoms with E-state index in [2.05, 4.69) is 4.98 Å². The molecular weight excluding hydrogens is 275 g/mol. The Labute approximate surface area is 120 Å². The summed E-state index contributed by atoms with van der Waals surface area (Å²) in [7, 11) is 1.44. The maximum atomic E-state index is 13.9. The fraction of sp³-hybridized carbons (Fsp3) is 0.133. The highest BCUT2D eigenvalue weighted by Gasteiger charge is 2.09. The minimum atomic E-state index is -0.408. The first kappa shape index (κ1) is 12.9. The molecule has 20 heavy (non-hydrogen) atoms. The van der Waals surface area contributed by atoms with E-state index in [0.29, 0.717) is 10.5 Å². The lowest BCUT2D eigenvalue weighted by atomic mass is 10.2. The predicted molar refractivity (Wildman–Crippen MR) is 79.7 cm³/mol. The maximum absolute atomic E-state index is 13.9. The van der Waals surface area contributed by atoms with Gasteiger partial charge in [-0.25, -0.2) is 4.39 Å². The van der Waals surface area contributed by atoms with Crippen LogP contribution in [-0.2, 0) is 0 Å². The summed E-state index contributed by atoms with van der Waals surface area (Å²) < 4.78 is 21.2. The molecule has 0 radical (unpaired) electrons. The molecule has 0 amide bonds. The van der Waals surface area contributed by atoms with Gasteiger partial charge in [0.25, 0.3) is 0 Å². The summed E-state index contributed by atoms with van der Waals surface area (Å²) in [5.41, 5.74) is 3.65. The van der Waals surface area contributed by atoms with Crippen LogP contribution in [0.25, 0.3) is 16.7 Å². The molecule has 0 saturated heterocycles. The molecule has 0 aliphatic carbocycles. The number of aromatic nitrogens is 2. The molecule has 0 aliphatic rings. The molecule has 0 saturated carbocycles. The summed E-state index contributed by atoms with van der Waals surface area (Å²) in [6.07, 6.45) is 0. The van der Waals surface area contributed by atoms with Crippen molar-refractivity contribution in [1.29, 1.82) is 0 Å². The summed E-state index contributed by atoms with van der Waals surface area (Å²) in [6, 6.07) is 10.8. The number of ether oxygens (including phenoxy) is 1. The summed E-state index contributed by atoms with van der Waals surface area (Å²) >= 11 is 5.34. The quantitative estimate of drug-likeness (QED) is 0.718. The van der Waals surface area contributed by atoms with E-state index < -0.39 is 5.82 Å². The zero-order valence-corrected chi connectivity index (χ0v) is 11.9. The zero-order valence-electron chi connectivity index (χ0n) is 11.1. The third-order valence-electron chi connectivity index (χ3n) is 3.23. The van der Waals surface area contributed by atoms with Crippen molar-refractivity contribution in [3.63, 3.8) is 0 Å². The third kappa shape index (κ3) is 2.00. The Morgan fingerprint density at radius 1 is 1.20 bits per heavy atom. The van der Waals surface area contributed by atoms with Crippen molar-refractivity contribution in [3.8, 4) is 11.4 Å². The summed E-state index contributed by atoms with van der Waals surface area (Å²) in [5.74, 6) is -0.190. The fourth-order valence-electron chi connectivity index (χ4n) is 2.26. The van der Waals surface area contributed by atoms with Crippen LogP contribution in [0.3, 0.4) is 0 Å². The van der Waals surface area contributed by atoms with E-state index in [1.807, 2.05) is 29.7 Å². The Bertz CT molecular complexity index is 851. The van der Waals surface area contributed by atoms with Gasteiger partial charge in [0, 0.05) is 6.07 Å². The molecule has 3 rings (SSSR count). The number of aryl methyl sites for hydroxylation is 1. The minimum absolute atomic E-state index is 0.219. The van der Waals surface area contributed by atoms with Gasteiger partial charge < -0.3 is 9.72 Å². The Morgan fingerprint density at radius 3 is 2.70 bits per heavy atom. The number of benzene rings is 2. The van der Waals surface area contributed by atoms with Gasteiger partial charge in [0.05, 0.1) is 23.8 Å². The van der Waals surface area contributed by atoms with Crippen LogP contribution in [0.15, 0.2) is 36.4 Å². The number of methoxy groups -OCH3 is 1. The number of fused-ring (bicyclic) bond motifs is 1. The first-order valence-electron chi connectivity index (χ1n) is 6.15. The number of nitrogens with zero attached hydrogens (tertiary/aromatic N) is 1. The van der Waals surface area contributed by atoms with E-state index in [1.54, 1.807) is 12.1 Å². The Hall–Kier alpha value is -2.14. The first-order valence-corrected chi connectivity index (χ1v) is 6.56.